The average Bonchev–Trinajstić information content (AvgIpc) is 3.79. The van der Waals surface area contributed by atoms with E-state index >= 15 is 0 Å². The summed E-state index contributed by atoms with van der Waals surface area (Å²) in [5, 5.41) is 20.3. The molecule has 6 aromatic rings. The van der Waals surface area contributed by atoms with Gasteiger partial charge in [0.1, 0.15) is 31.2 Å². The van der Waals surface area contributed by atoms with Crippen LogP contribution in [0.15, 0.2) is 72.8 Å². The van der Waals surface area contributed by atoms with Crippen LogP contribution in [-0.4, -0.2) is 116 Å². The summed E-state index contributed by atoms with van der Waals surface area (Å²) in [4.78, 5) is 53.6. The highest BCUT2D eigenvalue weighted by Crippen LogP contribution is 2.49. The van der Waals surface area contributed by atoms with Crippen molar-refractivity contribution >= 4 is 51.5 Å². The van der Waals surface area contributed by atoms with Gasteiger partial charge in [0.05, 0.1) is 17.5 Å². The number of carbonyl (C=O) groups is 3. The van der Waals surface area contributed by atoms with Gasteiger partial charge >= 0.3 is 0 Å². The summed E-state index contributed by atoms with van der Waals surface area (Å²) < 4.78 is 11.6. The topological polar surface area (TPSA) is 132 Å². The Morgan fingerprint density at radius 3 is 2.18 bits per heavy atom. The van der Waals surface area contributed by atoms with E-state index in [0.29, 0.717) is 29.2 Å². The van der Waals surface area contributed by atoms with Crippen molar-refractivity contribution in [1.82, 2.24) is 29.6 Å². The average molecular weight is 1040 g/mol. The van der Waals surface area contributed by atoms with Crippen LogP contribution < -0.4 is 35.4 Å². The monoisotopic (exact) mass is 1040 g/mol. The molecular weight excluding hydrogens is 974 g/mol. The number of nitrogens with one attached hydrogen (secondary N) is 2. The van der Waals surface area contributed by atoms with Crippen molar-refractivity contribution in [2.24, 2.45) is 0 Å². The molecule has 1 aromatic heterocycles. The van der Waals surface area contributed by atoms with Crippen molar-refractivity contribution in [3.05, 3.63) is 155 Å². The Morgan fingerprint density at radius 2 is 1.42 bits per heavy atom. The fraction of sp³-hybridized carbons (Fsp3) is 0.419. The molecule has 14 heteroatoms. The normalized spacial score (nSPS) is 16.9. The third-order valence-corrected chi connectivity index (χ3v) is 17.3. The molecule has 1 fully saturated rings. The van der Waals surface area contributed by atoms with Crippen LogP contribution in [0.4, 0.5) is 5.69 Å². The zero-order chi connectivity index (χ0) is 52.0. The summed E-state index contributed by atoms with van der Waals surface area (Å²) >= 11 is 6.11. The third-order valence-electron chi connectivity index (χ3n) is 17.0. The molecule has 1 saturated heterocycles. The van der Waals surface area contributed by atoms with Crippen LogP contribution in [0.5, 0.6) is 11.5 Å². The van der Waals surface area contributed by atoms with Crippen LogP contribution in [0, 0.1) is 13.8 Å². The molecule has 394 valence electrons. The van der Waals surface area contributed by atoms with Gasteiger partial charge in [-0.15, -0.1) is 0 Å². The molecule has 0 bridgehead atoms. The van der Waals surface area contributed by atoms with Gasteiger partial charge in [-0.25, -0.2) is 9.46 Å². The van der Waals surface area contributed by atoms with Gasteiger partial charge in [0.15, 0.2) is 0 Å². The van der Waals surface area contributed by atoms with Gasteiger partial charge < -0.3 is 30.1 Å². The highest BCUT2D eigenvalue weighted by Gasteiger charge is 2.36. The van der Waals surface area contributed by atoms with Gasteiger partial charge in [0.2, 0.25) is 11.3 Å². The SMILES string of the molecule is Cc1ccc2c(c1)c(CC(=O)NCCCN1CCN(CCCNC(=O)c3ccc(COO)c(C4=c5cc6c7c(c5Oc5c4cc4c8c5CCCN8CCC4)CCC[N+]=7CCC6)c3)CC1)c(C)n2C(=O)c1ccc(Cl)cc1. The molecule has 3 N–H and O–H groups in total. The Kier molecular flexibility index (Phi) is 14.3. The Labute approximate surface area is 449 Å². The Bertz CT molecular complexity index is 3430. The molecule has 0 aliphatic carbocycles. The number of hydrogen-bond acceptors (Lipinski definition) is 9. The minimum absolute atomic E-state index is 0.00143. The lowest BCUT2D eigenvalue weighted by atomic mass is 9.81. The number of hydrogen-bond donors (Lipinski definition) is 3. The molecule has 7 heterocycles. The number of halogens is 1. The second-order valence-electron chi connectivity index (χ2n) is 21.9. The highest BCUT2D eigenvalue weighted by atomic mass is 35.5. The van der Waals surface area contributed by atoms with Gasteiger partial charge in [-0.05, 0) is 161 Å². The summed E-state index contributed by atoms with van der Waals surface area (Å²) in [5.41, 5.74) is 15.2. The first-order valence-electron chi connectivity index (χ1n) is 27.8. The second kappa shape index (κ2) is 21.6. The predicted octanol–water partition coefficient (Wildman–Crippen LogP) is 7.51. The zero-order valence-electron chi connectivity index (χ0n) is 44.0. The summed E-state index contributed by atoms with van der Waals surface area (Å²) in [5.74, 6) is 1.59. The van der Waals surface area contributed by atoms with Gasteiger partial charge in [-0.1, -0.05) is 29.3 Å². The van der Waals surface area contributed by atoms with E-state index in [2.05, 4.69) is 48.1 Å². The lowest BCUT2D eigenvalue weighted by Crippen LogP contribution is -2.47. The first-order valence-corrected chi connectivity index (χ1v) is 28.2. The van der Waals surface area contributed by atoms with Gasteiger partial charge in [0.25, 0.3) is 11.8 Å². The third kappa shape index (κ3) is 9.63. The number of piperazine rings is 1. The second-order valence-corrected chi connectivity index (χ2v) is 22.3. The maximum atomic E-state index is 14.1. The van der Waals surface area contributed by atoms with E-state index in [1.807, 2.05) is 44.2 Å². The number of fused-ring (bicyclic) bond motifs is 5. The smallest absolute Gasteiger partial charge is 0.262 e. The number of benzene rings is 5. The first kappa shape index (κ1) is 50.5. The van der Waals surface area contributed by atoms with Gasteiger partial charge in [-0.2, -0.15) is 0 Å². The molecule has 12 rings (SSSR count). The van der Waals surface area contributed by atoms with Crippen LogP contribution in [0.2, 0.25) is 5.02 Å². The van der Waals surface area contributed by atoms with E-state index in [1.165, 1.54) is 33.3 Å². The molecule has 0 atom stereocenters. The number of anilines is 1. The minimum atomic E-state index is -0.149. The summed E-state index contributed by atoms with van der Waals surface area (Å²) in [7, 11) is 0. The standard InChI is InChI=1S/C62H68ClN7O6/c1-39-13-20-54-51(33-39)49(40(2)70(54)62(73)41-16-18-46(63)19-17-41)37-55(71)64-21-7-23-66-29-31-67(32-30-66)24-8-22-65-61(72)44-14-15-45(38-75-74)50(36-44)56-52-34-42-9-3-25-68-27-5-11-47(57(42)68)59(52)76-60-48-12-6-28-69-26-4-10-43(58(48)69)35-53(56)60/h13-20,33-36H,3-12,21-32,37-38H2,1-2H3,(H2-,64,65,71,72,74)/p+1. The molecule has 0 saturated carbocycles. The highest BCUT2D eigenvalue weighted by molar-refractivity contribution is 6.30. The van der Waals surface area contributed by atoms with Crippen LogP contribution in [0.3, 0.4) is 0 Å². The number of carbonyl (C=O) groups excluding carboxylic acids is 3. The Balaban J connectivity index is 0.674. The van der Waals surface area contributed by atoms with E-state index in [0.717, 1.165) is 196 Å². The molecule has 6 aliphatic heterocycles. The van der Waals surface area contributed by atoms with Crippen molar-refractivity contribution < 1.29 is 29.3 Å². The molecule has 0 unspecified atom stereocenters. The summed E-state index contributed by atoms with van der Waals surface area (Å²) in [6.07, 6.45) is 10.3. The lowest BCUT2D eigenvalue weighted by Gasteiger charge is -2.39. The molecule has 6 aliphatic rings. The van der Waals surface area contributed by atoms with Gasteiger partial charge in [0, 0.05) is 126 Å². The summed E-state index contributed by atoms with van der Waals surface area (Å²) in [6, 6.07) is 23.5. The van der Waals surface area contributed by atoms with Crippen LogP contribution in [-0.2, 0) is 48.4 Å². The molecule has 76 heavy (non-hydrogen) atoms. The fourth-order valence-corrected chi connectivity index (χ4v) is 13.5. The maximum absolute atomic E-state index is 14.1. The quantitative estimate of drug-likeness (QED) is 0.0414. The number of rotatable bonds is 15. The van der Waals surface area contributed by atoms with Crippen LogP contribution in [0.1, 0.15) is 115 Å². The van der Waals surface area contributed by atoms with Crippen molar-refractivity contribution in [3.63, 3.8) is 0 Å². The molecular formula is C62H69ClN7O6+. The van der Waals surface area contributed by atoms with Crippen LogP contribution >= 0.6 is 11.6 Å². The van der Waals surface area contributed by atoms with Crippen LogP contribution in [0.25, 0.3) is 16.5 Å². The Hall–Kier alpha value is -6.35. The van der Waals surface area contributed by atoms with Crippen molar-refractivity contribution in [3.8, 4) is 11.5 Å². The summed E-state index contributed by atoms with van der Waals surface area (Å²) in [6.45, 7) is 15.0. The first-order chi connectivity index (χ1) is 37.1. The number of nitrogens with zero attached hydrogens (tertiary/aromatic N) is 5. The number of ether oxygens (including phenoxy) is 1. The van der Waals surface area contributed by atoms with E-state index < -0.39 is 0 Å². The zero-order valence-corrected chi connectivity index (χ0v) is 44.8. The minimum Gasteiger partial charge on any atom is -0.455 e. The lowest BCUT2D eigenvalue weighted by molar-refractivity contribution is -0.253. The van der Waals surface area contributed by atoms with Gasteiger partial charge in [-0.3, -0.25) is 24.2 Å². The predicted molar refractivity (Wildman–Crippen MR) is 298 cm³/mol. The van der Waals surface area contributed by atoms with Crippen molar-refractivity contribution in [1.29, 1.82) is 0 Å². The van der Waals surface area contributed by atoms with E-state index in [9.17, 15) is 19.6 Å². The molecule has 0 radical (unpaired) electrons. The molecule has 13 nitrogen and oxygen atoms in total. The molecule has 2 amide bonds. The maximum Gasteiger partial charge on any atom is 0.262 e. The van der Waals surface area contributed by atoms with Crippen molar-refractivity contribution in [2.45, 2.75) is 91.1 Å². The van der Waals surface area contributed by atoms with E-state index in [4.69, 9.17) is 21.2 Å². The number of amides is 2. The fourth-order valence-electron chi connectivity index (χ4n) is 13.3. The van der Waals surface area contributed by atoms with E-state index in [1.54, 1.807) is 28.8 Å². The number of aromatic nitrogens is 1. The largest absolute Gasteiger partial charge is 0.455 e. The molecule has 0 spiro atoms. The van der Waals surface area contributed by atoms with Crippen molar-refractivity contribution in [2.75, 3.05) is 83.4 Å². The van der Waals surface area contributed by atoms with E-state index in [-0.39, 0.29) is 30.7 Å². The number of aryl methyl sites for hydroxylation is 3. The molecule has 5 aromatic carbocycles. The Morgan fingerprint density at radius 1 is 0.724 bits per heavy atom.